The van der Waals surface area contributed by atoms with Crippen LogP contribution in [0.1, 0.15) is 37.9 Å². The van der Waals surface area contributed by atoms with Gasteiger partial charge in [0.2, 0.25) is 0 Å². The summed E-state index contributed by atoms with van der Waals surface area (Å²) in [5.74, 6) is 0. The molecule has 0 aliphatic rings. The summed E-state index contributed by atoms with van der Waals surface area (Å²) >= 11 is 0. The highest BCUT2D eigenvalue weighted by atomic mass is 19.4. The van der Waals surface area contributed by atoms with Crippen molar-refractivity contribution in [1.82, 2.24) is 0 Å². The summed E-state index contributed by atoms with van der Waals surface area (Å²) in [6, 6.07) is 8.54. The second-order valence-electron chi connectivity index (χ2n) is 6.06. The predicted molar refractivity (Wildman–Crippen MR) is 75.6 cm³/mol. The second-order valence-corrected chi connectivity index (χ2v) is 6.06. The van der Waals surface area contributed by atoms with Crippen LogP contribution in [0.3, 0.4) is 0 Å². The summed E-state index contributed by atoms with van der Waals surface area (Å²) in [6.45, 7) is 6.12. The zero-order chi connectivity index (χ0) is 15.1. The van der Waals surface area contributed by atoms with Crippen LogP contribution < -0.4 is 5.73 Å². The first-order chi connectivity index (χ1) is 9.10. The van der Waals surface area contributed by atoms with Crippen molar-refractivity contribution in [3.8, 4) is 0 Å². The van der Waals surface area contributed by atoms with Crippen LogP contribution >= 0.6 is 0 Å². The molecule has 0 saturated carbocycles. The van der Waals surface area contributed by atoms with Gasteiger partial charge < -0.3 is 5.73 Å². The SMILES string of the molecule is CC(C)(C)c1cccc2ccc([C@H](N)C(F)(F)F)cc12. The van der Waals surface area contributed by atoms with E-state index in [9.17, 15) is 13.2 Å². The molecule has 0 saturated heterocycles. The summed E-state index contributed by atoms with van der Waals surface area (Å²) in [4.78, 5) is 0. The van der Waals surface area contributed by atoms with Gasteiger partial charge in [-0.25, -0.2) is 0 Å². The van der Waals surface area contributed by atoms with E-state index in [1.807, 2.05) is 39.0 Å². The molecule has 0 aromatic heterocycles. The van der Waals surface area contributed by atoms with Gasteiger partial charge in [0, 0.05) is 0 Å². The van der Waals surface area contributed by atoms with Crippen LogP contribution in [0.4, 0.5) is 13.2 Å². The lowest BCUT2D eigenvalue weighted by molar-refractivity contribution is -0.149. The Hall–Kier alpha value is -1.55. The molecule has 1 atom stereocenters. The summed E-state index contributed by atoms with van der Waals surface area (Å²) in [5, 5.41) is 1.76. The van der Waals surface area contributed by atoms with Gasteiger partial charge in [-0.1, -0.05) is 51.1 Å². The van der Waals surface area contributed by atoms with Crippen molar-refractivity contribution >= 4 is 10.8 Å². The monoisotopic (exact) mass is 281 g/mol. The van der Waals surface area contributed by atoms with E-state index in [1.54, 1.807) is 12.1 Å². The molecule has 4 heteroatoms. The molecule has 2 rings (SSSR count). The number of hydrogen-bond donors (Lipinski definition) is 1. The highest BCUT2D eigenvalue weighted by Gasteiger charge is 2.37. The maximum Gasteiger partial charge on any atom is 0.407 e. The first kappa shape index (κ1) is 14.9. The molecule has 0 amide bonds. The van der Waals surface area contributed by atoms with E-state index in [0.29, 0.717) is 0 Å². The van der Waals surface area contributed by atoms with E-state index in [-0.39, 0.29) is 11.0 Å². The zero-order valence-corrected chi connectivity index (χ0v) is 11.8. The highest BCUT2D eigenvalue weighted by molar-refractivity contribution is 5.87. The Balaban J connectivity index is 2.64. The van der Waals surface area contributed by atoms with Gasteiger partial charge in [-0.2, -0.15) is 13.2 Å². The third kappa shape index (κ3) is 2.80. The maximum absolute atomic E-state index is 12.7. The third-order valence-corrected chi connectivity index (χ3v) is 3.43. The van der Waals surface area contributed by atoms with E-state index in [4.69, 9.17) is 5.73 Å². The van der Waals surface area contributed by atoms with Crippen LogP contribution in [-0.2, 0) is 5.41 Å². The van der Waals surface area contributed by atoms with Gasteiger partial charge in [0.15, 0.2) is 0 Å². The highest BCUT2D eigenvalue weighted by Crippen LogP contribution is 2.35. The van der Waals surface area contributed by atoms with Gasteiger partial charge in [0.25, 0.3) is 0 Å². The number of benzene rings is 2. The molecule has 0 bridgehead atoms. The van der Waals surface area contributed by atoms with Crippen molar-refractivity contribution in [2.75, 3.05) is 0 Å². The molecule has 2 aromatic carbocycles. The number of fused-ring (bicyclic) bond motifs is 1. The lowest BCUT2D eigenvalue weighted by atomic mass is 9.83. The number of nitrogens with two attached hydrogens (primary N) is 1. The van der Waals surface area contributed by atoms with Crippen LogP contribution in [0.5, 0.6) is 0 Å². The smallest absolute Gasteiger partial charge is 0.316 e. The molecule has 0 fully saturated rings. The first-order valence-corrected chi connectivity index (χ1v) is 6.46. The van der Waals surface area contributed by atoms with Gasteiger partial charge in [-0.15, -0.1) is 0 Å². The Bertz CT molecular complexity index is 624. The Morgan fingerprint density at radius 3 is 2.20 bits per heavy atom. The largest absolute Gasteiger partial charge is 0.407 e. The molecule has 2 N–H and O–H groups in total. The molecule has 0 spiro atoms. The lowest BCUT2D eigenvalue weighted by Crippen LogP contribution is -2.28. The Kier molecular flexibility index (Phi) is 3.54. The number of alkyl halides is 3. The van der Waals surface area contributed by atoms with Crippen molar-refractivity contribution in [3.63, 3.8) is 0 Å². The van der Waals surface area contributed by atoms with Crippen LogP contribution in [-0.4, -0.2) is 6.18 Å². The fraction of sp³-hybridized carbons (Fsp3) is 0.375. The molecular weight excluding hydrogens is 263 g/mol. The second kappa shape index (κ2) is 4.77. The van der Waals surface area contributed by atoms with E-state index >= 15 is 0 Å². The van der Waals surface area contributed by atoms with Gasteiger partial charge in [0.1, 0.15) is 6.04 Å². The molecule has 0 aliphatic carbocycles. The molecule has 2 aromatic rings. The summed E-state index contributed by atoms with van der Waals surface area (Å²) in [5.41, 5.74) is 6.28. The third-order valence-electron chi connectivity index (χ3n) is 3.43. The van der Waals surface area contributed by atoms with Crippen LogP contribution in [0.15, 0.2) is 36.4 Å². The molecular formula is C16H18F3N. The summed E-state index contributed by atoms with van der Waals surface area (Å²) in [6.07, 6.45) is -4.43. The van der Waals surface area contributed by atoms with Gasteiger partial charge in [0.05, 0.1) is 0 Å². The van der Waals surface area contributed by atoms with Crippen molar-refractivity contribution in [2.24, 2.45) is 5.73 Å². The Morgan fingerprint density at radius 2 is 1.65 bits per heavy atom. The van der Waals surface area contributed by atoms with Crippen molar-refractivity contribution in [3.05, 3.63) is 47.5 Å². The first-order valence-electron chi connectivity index (χ1n) is 6.46. The van der Waals surface area contributed by atoms with Gasteiger partial charge in [-0.3, -0.25) is 0 Å². The number of hydrogen-bond acceptors (Lipinski definition) is 1. The Labute approximate surface area is 116 Å². The summed E-state index contributed by atoms with van der Waals surface area (Å²) in [7, 11) is 0. The molecule has 0 unspecified atom stereocenters. The van der Waals surface area contributed by atoms with E-state index in [2.05, 4.69) is 0 Å². The standard InChI is InChI=1S/C16H18F3N/c1-15(2,3)13-6-4-5-10-7-8-11(9-12(10)13)14(20)16(17,18)19/h4-9,14H,20H2,1-3H3/t14-/m0/s1. The van der Waals surface area contributed by atoms with Crippen molar-refractivity contribution < 1.29 is 13.2 Å². The maximum atomic E-state index is 12.7. The van der Waals surface area contributed by atoms with Crippen molar-refractivity contribution in [1.29, 1.82) is 0 Å². The van der Waals surface area contributed by atoms with E-state index in [1.165, 1.54) is 6.07 Å². The quantitative estimate of drug-likeness (QED) is 0.805. The minimum absolute atomic E-state index is 0.0988. The molecule has 20 heavy (non-hydrogen) atoms. The van der Waals surface area contributed by atoms with Crippen molar-refractivity contribution in [2.45, 2.75) is 38.4 Å². The minimum atomic E-state index is -4.43. The van der Waals surface area contributed by atoms with E-state index in [0.717, 1.165) is 16.3 Å². The topological polar surface area (TPSA) is 26.0 Å². The minimum Gasteiger partial charge on any atom is -0.316 e. The van der Waals surface area contributed by atoms with Gasteiger partial charge >= 0.3 is 6.18 Å². The summed E-state index contributed by atoms with van der Waals surface area (Å²) < 4.78 is 38.2. The predicted octanol–water partition coefficient (Wildman–Crippen LogP) is 4.70. The average molecular weight is 281 g/mol. The average Bonchev–Trinajstić information content (AvgIpc) is 2.34. The van der Waals surface area contributed by atoms with Gasteiger partial charge in [-0.05, 0) is 33.4 Å². The number of rotatable bonds is 1. The molecule has 0 heterocycles. The fourth-order valence-corrected chi connectivity index (χ4v) is 2.33. The van der Waals surface area contributed by atoms with E-state index < -0.39 is 12.2 Å². The molecule has 1 nitrogen and oxygen atoms in total. The lowest BCUT2D eigenvalue weighted by Gasteiger charge is -2.23. The Morgan fingerprint density at radius 1 is 1.00 bits per heavy atom. The molecule has 0 aliphatic heterocycles. The van der Waals surface area contributed by atoms with Crippen LogP contribution in [0.2, 0.25) is 0 Å². The molecule has 0 radical (unpaired) electrons. The van der Waals surface area contributed by atoms with Crippen LogP contribution in [0, 0.1) is 0 Å². The number of halogens is 3. The molecule has 108 valence electrons. The zero-order valence-electron chi connectivity index (χ0n) is 11.8. The fourth-order valence-electron chi connectivity index (χ4n) is 2.33. The normalized spacial score (nSPS) is 14.6. The van der Waals surface area contributed by atoms with Crippen LogP contribution in [0.25, 0.3) is 10.8 Å².